The van der Waals surface area contributed by atoms with Crippen LogP contribution in [-0.2, 0) is 0 Å². The van der Waals surface area contributed by atoms with Gasteiger partial charge in [-0.2, -0.15) is 9.97 Å². The highest BCUT2D eigenvalue weighted by molar-refractivity contribution is 5.82. The normalized spacial score (nSPS) is 15.8. The molecule has 1 aromatic carbocycles. The van der Waals surface area contributed by atoms with Crippen LogP contribution in [-0.4, -0.2) is 58.2 Å². The maximum atomic E-state index is 9.93. The number of rotatable bonds is 3. The fourth-order valence-electron chi connectivity index (χ4n) is 2.93. The second-order valence-corrected chi connectivity index (χ2v) is 6.07. The van der Waals surface area contributed by atoms with Crippen LogP contribution in [0.2, 0.25) is 0 Å². The average Bonchev–Trinajstić information content (AvgIpc) is 3.05. The molecule has 7 nitrogen and oxygen atoms in total. The Morgan fingerprint density at radius 2 is 1.79 bits per heavy atom. The van der Waals surface area contributed by atoms with Gasteiger partial charge in [-0.3, -0.25) is 0 Å². The van der Waals surface area contributed by atoms with Gasteiger partial charge in [-0.25, -0.2) is 0 Å². The third kappa shape index (κ3) is 2.85. The lowest BCUT2D eigenvalue weighted by molar-refractivity contribution is 0.313. The summed E-state index contributed by atoms with van der Waals surface area (Å²) in [7, 11) is 2.15. The van der Waals surface area contributed by atoms with Crippen molar-refractivity contribution in [2.75, 3.05) is 43.4 Å². The maximum Gasteiger partial charge on any atom is 0.232 e. The number of hydrogen-bond donors (Lipinski definition) is 3. The van der Waals surface area contributed by atoms with E-state index in [1.165, 1.54) is 5.69 Å². The summed E-state index contributed by atoms with van der Waals surface area (Å²) in [4.78, 5) is 16.2. The van der Waals surface area contributed by atoms with E-state index in [0.717, 1.165) is 31.9 Å². The Morgan fingerprint density at radius 1 is 1.04 bits per heavy atom. The number of benzene rings is 1. The quantitative estimate of drug-likeness (QED) is 0.685. The van der Waals surface area contributed by atoms with Crippen molar-refractivity contribution in [2.24, 2.45) is 0 Å². The Balaban J connectivity index is 1.50. The van der Waals surface area contributed by atoms with Crippen LogP contribution in [0.15, 0.2) is 36.5 Å². The minimum Gasteiger partial charge on any atom is -0.493 e. The first kappa shape index (κ1) is 14.8. The third-order valence-corrected chi connectivity index (χ3v) is 4.39. The molecule has 3 aromatic rings. The van der Waals surface area contributed by atoms with Gasteiger partial charge in [-0.15, -0.1) is 0 Å². The van der Waals surface area contributed by atoms with Crippen molar-refractivity contribution < 1.29 is 5.11 Å². The maximum absolute atomic E-state index is 9.93. The number of aromatic hydroxyl groups is 1. The summed E-state index contributed by atoms with van der Waals surface area (Å²) >= 11 is 0. The number of hydrogen-bond acceptors (Lipinski definition) is 6. The first-order valence-corrected chi connectivity index (χ1v) is 8.04. The van der Waals surface area contributed by atoms with Crippen molar-refractivity contribution in [3.05, 3.63) is 36.5 Å². The van der Waals surface area contributed by atoms with Gasteiger partial charge in [0.1, 0.15) is 5.65 Å². The molecular weight excluding hydrogens is 304 g/mol. The van der Waals surface area contributed by atoms with Gasteiger partial charge in [0.2, 0.25) is 11.8 Å². The SMILES string of the molecule is CN1CCN(c2ccc(Nc3nc(O)c4cc[nH]c4n3)cc2)CC1. The zero-order chi connectivity index (χ0) is 16.5. The van der Waals surface area contributed by atoms with Gasteiger partial charge in [0, 0.05) is 43.8 Å². The minimum atomic E-state index is -0.0298. The van der Waals surface area contributed by atoms with Crippen molar-refractivity contribution in [3.63, 3.8) is 0 Å². The van der Waals surface area contributed by atoms with Crippen LogP contribution >= 0.6 is 0 Å². The molecule has 2 aromatic heterocycles. The standard InChI is InChI=1S/C17H20N6O/c1-22-8-10-23(11-9-22)13-4-2-12(3-5-13)19-17-20-15-14(6-7-18-15)16(24)21-17/h2-7H,8-11H2,1H3,(H3,18,19,20,21,24). The molecule has 0 bridgehead atoms. The number of aromatic nitrogens is 3. The highest BCUT2D eigenvalue weighted by atomic mass is 16.3. The van der Waals surface area contributed by atoms with E-state index in [1.54, 1.807) is 12.3 Å². The van der Waals surface area contributed by atoms with E-state index in [4.69, 9.17) is 0 Å². The molecule has 1 saturated heterocycles. The number of aromatic amines is 1. The molecule has 0 atom stereocenters. The highest BCUT2D eigenvalue weighted by Crippen LogP contribution is 2.24. The number of H-pyrrole nitrogens is 1. The summed E-state index contributed by atoms with van der Waals surface area (Å²) in [5.41, 5.74) is 2.72. The molecule has 1 aliphatic heterocycles. The van der Waals surface area contributed by atoms with Crippen molar-refractivity contribution in [2.45, 2.75) is 0 Å². The molecule has 3 N–H and O–H groups in total. The van der Waals surface area contributed by atoms with E-state index < -0.39 is 0 Å². The zero-order valence-corrected chi connectivity index (χ0v) is 13.5. The van der Waals surface area contributed by atoms with E-state index >= 15 is 0 Å². The number of nitrogens with one attached hydrogen (secondary N) is 2. The average molecular weight is 324 g/mol. The van der Waals surface area contributed by atoms with E-state index in [2.05, 4.69) is 49.2 Å². The van der Waals surface area contributed by atoms with Crippen molar-refractivity contribution >= 4 is 28.4 Å². The zero-order valence-electron chi connectivity index (χ0n) is 13.5. The lowest BCUT2D eigenvalue weighted by atomic mass is 10.2. The molecule has 1 aliphatic rings. The summed E-state index contributed by atoms with van der Waals surface area (Å²) in [6.45, 7) is 4.26. The van der Waals surface area contributed by atoms with Gasteiger partial charge < -0.3 is 25.2 Å². The lowest BCUT2D eigenvalue weighted by Gasteiger charge is -2.34. The molecule has 0 spiro atoms. The molecule has 124 valence electrons. The van der Waals surface area contributed by atoms with Gasteiger partial charge in [0.25, 0.3) is 0 Å². The second-order valence-electron chi connectivity index (χ2n) is 6.07. The van der Waals surface area contributed by atoms with Crippen LogP contribution in [0, 0.1) is 0 Å². The minimum absolute atomic E-state index is 0.0298. The van der Waals surface area contributed by atoms with Crippen molar-refractivity contribution in [1.29, 1.82) is 0 Å². The van der Waals surface area contributed by atoms with Gasteiger partial charge >= 0.3 is 0 Å². The highest BCUT2D eigenvalue weighted by Gasteiger charge is 2.14. The van der Waals surface area contributed by atoms with Crippen molar-refractivity contribution in [1.82, 2.24) is 19.9 Å². The molecule has 0 saturated carbocycles. The topological polar surface area (TPSA) is 80.3 Å². The summed E-state index contributed by atoms with van der Waals surface area (Å²) in [5, 5.41) is 13.7. The van der Waals surface area contributed by atoms with Crippen LogP contribution in [0.3, 0.4) is 0 Å². The monoisotopic (exact) mass is 324 g/mol. The summed E-state index contributed by atoms with van der Waals surface area (Å²) < 4.78 is 0. The molecule has 0 amide bonds. The van der Waals surface area contributed by atoms with E-state index in [1.807, 2.05) is 12.1 Å². The first-order valence-electron chi connectivity index (χ1n) is 8.04. The van der Waals surface area contributed by atoms with Gasteiger partial charge in [-0.1, -0.05) is 0 Å². The van der Waals surface area contributed by atoms with Crippen LogP contribution in [0.1, 0.15) is 0 Å². The molecule has 1 fully saturated rings. The van der Waals surface area contributed by atoms with Crippen LogP contribution in [0.4, 0.5) is 17.3 Å². The number of anilines is 3. The third-order valence-electron chi connectivity index (χ3n) is 4.39. The van der Waals surface area contributed by atoms with Gasteiger partial charge in [0.15, 0.2) is 0 Å². The van der Waals surface area contributed by atoms with Crippen LogP contribution in [0.5, 0.6) is 5.88 Å². The van der Waals surface area contributed by atoms with Gasteiger partial charge in [0.05, 0.1) is 5.39 Å². The number of likely N-dealkylation sites (N-methyl/N-ethyl adjacent to an activating group) is 1. The molecule has 0 aliphatic carbocycles. The van der Waals surface area contributed by atoms with E-state index in [-0.39, 0.29) is 5.88 Å². The first-order chi connectivity index (χ1) is 11.7. The molecular formula is C17H20N6O. The summed E-state index contributed by atoms with van der Waals surface area (Å²) in [6, 6.07) is 9.96. The molecule has 0 radical (unpaired) electrons. The van der Waals surface area contributed by atoms with E-state index in [0.29, 0.717) is 17.0 Å². The van der Waals surface area contributed by atoms with E-state index in [9.17, 15) is 5.11 Å². The smallest absolute Gasteiger partial charge is 0.232 e. The fourth-order valence-corrected chi connectivity index (χ4v) is 2.93. The Hall–Kier alpha value is -2.80. The molecule has 24 heavy (non-hydrogen) atoms. The summed E-state index contributed by atoms with van der Waals surface area (Å²) in [6.07, 6.45) is 1.73. The van der Waals surface area contributed by atoms with Crippen LogP contribution < -0.4 is 10.2 Å². The number of piperazine rings is 1. The molecule has 7 heteroatoms. The Labute approximate surface area is 140 Å². The predicted molar refractivity (Wildman–Crippen MR) is 95.0 cm³/mol. The summed E-state index contributed by atoms with van der Waals surface area (Å²) in [5.74, 6) is 0.340. The van der Waals surface area contributed by atoms with Crippen LogP contribution in [0.25, 0.3) is 11.0 Å². The molecule has 4 rings (SSSR count). The largest absolute Gasteiger partial charge is 0.493 e. The second kappa shape index (κ2) is 6.01. The number of nitrogens with zero attached hydrogens (tertiary/aromatic N) is 4. The fraction of sp³-hybridized carbons (Fsp3) is 0.294. The van der Waals surface area contributed by atoms with Crippen molar-refractivity contribution in [3.8, 4) is 5.88 Å². The Morgan fingerprint density at radius 3 is 2.54 bits per heavy atom. The number of fused-ring (bicyclic) bond motifs is 1. The molecule has 0 unspecified atom stereocenters. The lowest BCUT2D eigenvalue weighted by Crippen LogP contribution is -2.44. The Kier molecular flexibility index (Phi) is 3.70. The Bertz CT molecular complexity index is 836. The predicted octanol–water partition coefficient (Wildman–Crippen LogP) is 2.16. The van der Waals surface area contributed by atoms with Gasteiger partial charge in [-0.05, 0) is 37.4 Å². The molecule has 3 heterocycles.